The van der Waals surface area contributed by atoms with Crippen LogP contribution in [0.2, 0.25) is 0 Å². The number of hydrogen-bond donors (Lipinski definition) is 1. The third-order valence-electron chi connectivity index (χ3n) is 3.71. The fraction of sp³-hybridized carbons (Fsp3) is 0.286. The molecule has 1 atom stereocenters. The number of hydrogen-bond acceptors (Lipinski definition) is 5. The first kappa shape index (κ1) is 21.9. The van der Waals surface area contributed by atoms with Crippen molar-refractivity contribution in [3.63, 3.8) is 0 Å². The molecular formula is C21H26NO5P. The van der Waals surface area contributed by atoms with E-state index in [1.807, 2.05) is 60.7 Å². The Kier molecular flexibility index (Phi) is 9.49. The van der Waals surface area contributed by atoms with Gasteiger partial charge in [0.2, 0.25) is 0 Å². The number of amides is 1. The van der Waals surface area contributed by atoms with Crippen LogP contribution in [0.3, 0.4) is 0 Å². The quantitative estimate of drug-likeness (QED) is 0.309. The summed E-state index contributed by atoms with van der Waals surface area (Å²) < 4.78 is 28.8. The van der Waals surface area contributed by atoms with Crippen LogP contribution in [0.25, 0.3) is 0 Å². The van der Waals surface area contributed by atoms with Crippen LogP contribution in [0, 0.1) is 0 Å². The van der Waals surface area contributed by atoms with Crippen molar-refractivity contribution in [2.45, 2.75) is 19.6 Å². The molecule has 2 rings (SSSR count). The summed E-state index contributed by atoms with van der Waals surface area (Å²) >= 11 is 0. The molecular weight excluding hydrogens is 377 g/mol. The Morgan fingerprint density at radius 3 is 2.18 bits per heavy atom. The van der Waals surface area contributed by atoms with Crippen LogP contribution in [0.15, 0.2) is 73.3 Å². The SMILES string of the molecule is C=CCP(=O)(OCCCNC(=O)OCc1ccccc1)OCc1ccccc1. The number of benzene rings is 2. The first-order valence-electron chi connectivity index (χ1n) is 9.09. The summed E-state index contributed by atoms with van der Waals surface area (Å²) in [6.45, 7) is 4.57. The maximum Gasteiger partial charge on any atom is 0.407 e. The zero-order valence-corrected chi connectivity index (χ0v) is 16.7. The van der Waals surface area contributed by atoms with E-state index in [-0.39, 0.29) is 26.0 Å². The molecule has 0 aliphatic rings. The number of ether oxygens (including phenoxy) is 1. The molecule has 0 radical (unpaired) electrons. The lowest BCUT2D eigenvalue weighted by Crippen LogP contribution is -2.25. The number of carbonyl (C=O) groups excluding carboxylic acids is 1. The average molecular weight is 403 g/mol. The Morgan fingerprint density at radius 2 is 1.57 bits per heavy atom. The van der Waals surface area contributed by atoms with Crippen LogP contribution in [-0.2, 0) is 31.6 Å². The van der Waals surface area contributed by atoms with E-state index in [9.17, 15) is 9.36 Å². The Labute approximate surface area is 166 Å². The zero-order chi connectivity index (χ0) is 20.1. The van der Waals surface area contributed by atoms with E-state index in [1.165, 1.54) is 6.08 Å². The molecule has 0 fully saturated rings. The van der Waals surface area contributed by atoms with Crippen molar-refractivity contribution in [1.29, 1.82) is 0 Å². The van der Waals surface area contributed by atoms with Gasteiger partial charge >= 0.3 is 13.7 Å². The van der Waals surface area contributed by atoms with E-state index in [4.69, 9.17) is 13.8 Å². The summed E-state index contributed by atoms with van der Waals surface area (Å²) in [4.78, 5) is 11.7. The third kappa shape index (κ3) is 8.53. The van der Waals surface area contributed by atoms with Gasteiger partial charge in [-0.15, -0.1) is 6.58 Å². The van der Waals surface area contributed by atoms with Gasteiger partial charge in [-0.2, -0.15) is 0 Å². The van der Waals surface area contributed by atoms with Gasteiger partial charge in [-0.3, -0.25) is 4.57 Å². The first-order chi connectivity index (χ1) is 13.6. The average Bonchev–Trinajstić information content (AvgIpc) is 2.72. The van der Waals surface area contributed by atoms with E-state index >= 15 is 0 Å². The Balaban J connectivity index is 1.64. The smallest absolute Gasteiger partial charge is 0.407 e. The molecule has 0 aliphatic carbocycles. The molecule has 0 saturated carbocycles. The fourth-order valence-corrected chi connectivity index (χ4v) is 3.64. The molecule has 28 heavy (non-hydrogen) atoms. The highest BCUT2D eigenvalue weighted by molar-refractivity contribution is 7.54. The van der Waals surface area contributed by atoms with Gasteiger partial charge in [0.15, 0.2) is 0 Å². The topological polar surface area (TPSA) is 73.9 Å². The van der Waals surface area contributed by atoms with Gasteiger partial charge in [-0.25, -0.2) is 4.79 Å². The molecule has 1 unspecified atom stereocenters. The summed E-state index contributed by atoms with van der Waals surface area (Å²) in [5, 5.41) is 2.64. The summed E-state index contributed by atoms with van der Waals surface area (Å²) in [5.74, 6) is 0. The van der Waals surface area contributed by atoms with E-state index in [1.54, 1.807) is 0 Å². The van der Waals surface area contributed by atoms with Crippen molar-refractivity contribution in [1.82, 2.24) is 5.32 Å². The van der Waals surface area contributed by atoms with E-state index in [0.717, 1.165) is 11.1 Å². The van der Waals surface area contributed by atoms with Crippen LogP contribution in [0.5, 0.6) is 0 Å². The Morgan fingerprint density at radius 1 is 0.964 bits per heavy atom. The molecule has 7 heteroatoms. The van der Waals surface area contributed by atoms with Gasteiger partial charge in [0.05, 0.1) is 19.4 Å². The van der Waals surface area contributed by atoms with Crippen molar-refractivity contribution in [2.24, 2.45) is 0 Å². The third-order valence-corrected chi connectivity index (χ3v) is 5.52. The van der Waals surface area contributed by atoms with Gasteiger partial charge in [0.1, 0.15) is 6.61 Å². The second-order valence-corrected chi connectivity index (χ2v) is 8.12. The fourth-order valence-electron chi connectivity index (χ4n) is 2.29. The highest BCUT2D eigenvalue weighted by Gasteiger charge is 2.22. The molecule has 0 spiro atoms. The van der Waals surface area contributed by atoms with Crippen LogP contribution in [0.1, 0.15) is 17.5 Å². The van der Waals surface area contributed by atoms with Crippen LogP contribution in [0.4, 0.5) is 4.79 Å². The van der Waals surface area contributed by atoms with Crippen molar-refractivity contribution in [2.75, 3.05) is 19.3 Å². The molecule has 2 aromatic carbocycles. The lowest BCUT2D eigenvalue weighted by atomic mass is 10.2. The number of alkyl carbamates (subject to hydrolysis) is 1. The van der Waals surface area contributed by atoms with Crippen molar-refractivity contribution < 1.29 is 23.1 Å². The van der Waals surface area contributed by atoms with Crippen molar-refractivity contribution in [3.05, 3.63) is 84.4 Å². The summed E-state index contributed by atoms with van der Waals surface area (Å²) in [7, 11) is -3.26. The molecule has 0 bridgehead atoms. The molecule has 2 aromatic rings. The lowest BCUT2D eigenvalue weighted by molar-refractivity contribution is 0.138. The van der Waals surface area contributed by atoms with E-state index in [0.29, 0.717) is 13.0 Å². The molecule has 0 aromatic heterocycles. The molecule has 150 valence electrons. The second kappa shape index (κ2) is 12.1. The highest BCUT2D eigenvalue weighted by Crippen LogP contribution is 2.48. The number of allylic oxidation sites excluding steroid dienone is 1. The maximum absolute atomic E-state index is 12.7. The minimum absolute atomic E-state index is 0.131. The van der Waals surface area contributed by atoms with Crippen LogP contribution in [-0.4, -0.2) is 25.4 Å². The van der Waals surface area contributed by atoms with E-state index < -0.39 is 13.7 Å². The first-order valence-corrected chi connectivity index (χ1v) is 10.8. The standard InChI is InChI=1S/C21H26NO5P/c1-2-16-28(24,27-18-20-12-7-4-8-13-20)26-15-9-14-22-21(23)25-17-19-10-5-3-6-11-19/h2-8,10-13H,1,9,14-18H2,(H,22,23). The molecule has 0 aliphatic heterocycles. The predicted molar refractivity (Wildman–Crippen MR) is 109 cm³/mol. The highest BCUT2D eigenvalue weighted by atomic mass is 31.2. The molecule has 1 amide bonds. The lowest BCUT2D eigenvalue weighted by Gasteiger charge is -2.17. The van der Waals surface area contributed by atoms with Gasteiger partial charge in [-0.05, 0) is 17.5 Å². The predicted octanol–water partition coefficient (Wildman–Crippen LogP) is 4.92. The Bertz CT molecular complexity index is 767. The van der Waals surface area contributed by atoms with Crippen LogP contribution >= 0.6 is 7.60 Å². The van der Waals surface area contributed by atoms with Gasteiger partial charge < -0.3 is 19.1 Å². The van der Waals surface area contributed by atoms with Gasteiger partial charge in [0, 0.05) is 6.54 Å². The van der Waals surface area contributed by atoms with E-state index in [2.05, 4.69) is 11.9 Å². The minimum Gasteiger partial charge on any atom is -0.445 e. The number of nitrogens with one attached hydrogen (secondary N) is 1. The summed E-state index contributed by atoms with van der Waals surface area (Å²) in [6.07, 6.45) is 1.63. The van der Waals surface area contributed by atoms with Crippen LogP contribution < -0.4 is 5.32 Å². The molecule has 0 saturated heterocycles. The Hall–Kier alpha value is -2.40. The number of rotatable bonds is 12. The maximum atomic E-state index is 12.7. The molecule has 1 N–H and O–H groups in total. The van der Waals surface area contributed by atoms with Gasteiger partial charge in [0.25, 0.3) is 0 Å². The van der Waals surface area contributed by atoms with Crippen molar-refractivity contribution >= 4 is 13.7 Å². The minimum atomic E-state index is -3.26. The zero-order valence-electron chi connectivity index (χ0n) is 15.8. The largest absolute Gasteiger partial charge is 0.445 e. The van der Waals surface area contributed by atoms with Gasteiger partial charge in [-0.1, -0.05) is 66.7 Å². The molecule has 6 nitrogen and oxygen atoms in total. The van der Waals surface area contributed by atoms with Crippen molar-refractivity contribution in [3.8, 4) is 0 Å². The monoisotopic (exact) mass is 403 g/mol. The summed E-state index contributed by atoms with van der Waals surface area (Å²) in [6, 6.07) is 18.9. The number of carbonyl (C=O) groups is 1. The summed E-state index contributed by atoms with van der Waals surface area (Å²) in [5.41, 5.74) is 1.83. The second-order valence-electron chi connectivity index (χ2n) is 6.02. The normalized spacial score (nSPS) is 12.7. The molecule has 0 heterocycles.